The van der Waals surface area contributed by atoms with Crippen molar-refractivity contribution in [2.75, 3.05) is 13.7 Å². The molecule has 0 radical (unpaired) electrons. The van der Waals surface area contributed by atoms with E-state index in [1.807, 2.05) is 13.8 Å². The molecule has 0 fully saturated rings. The molecule has 0 atom stereocenters. The Morgan fingerprint density at radius 1 is 1.11 bits per heavy atom. The molecule has 0 saturated heterocycles. The number of ether oxygens (including phenoxy) is 2. The van der Waals surface area contributed by atoms with Crippen LogP contribution < -0.4 is 6.15 Å². The van der Waals surface area contributed by atoms with E-state index in [0.717, 1.165) is 5.57 Å². The monoisotopic (exact) mass is 257 g/mol. The van der Waals surface area contributed by atoms with Crippen molar-refractivity contribution in [1.29, 1.82) is 0 Å². The molecule has 0 saturated carbocycles. The minimum Gasteiger partial charge on any atom is -0.466 e. The highest BCUT2D eigenvalue weighted by atomic mass is 16.5. The van der Waals surface area contributed by atoms with Crippen molar-refractivity contribution < 1.29 is 19.1 Å². The highest BCUT2D eigenvalue weighted by Gasteiger charge is 2.11. The van der Waals surface area contributed by atoms with Crippen molar-refractivity contribution in [2.45, 2.75) is 33.6 Å². The first-order chi connectivity index (χ1) is 7.90. The summed E-state index contributed by atoms with van der Waals surface area (Å²) in [5.74, 6) is -0.724. The van der Waals surface area contributed by atoms with E-state index in [0.29, 0.717) is 24.0 Å². The van der Waals surface area contributed by atoms with Crippen molar-refractivity contribution >= 4 is 11.9 Å². The summed E-state index contributed by atoms with van der Waals surface area (Å²) in [5.41, 5.74) is 1.93. The first-order valence-corrected chi connectivity index (χ1v) is 5.47. The van der Waals surface area contributed by atoms with Crippen molar-refractivity contribution in [1.82, 2.24) is 6.15 Å². The Kier molecular flexibility index (Phi) is 9.80. The average molecular weight is 257 g/mol. The molecule has 5 nitrogen and oxygen atoms in total. The van der Waals surface area contributed by atoms with Gasteiger partial charge in [-0.3, -0.25) is 0 Å². The molecule has 0 aromatic heterocycles. The van der Waals surface area contributed by atoms with Gasteiger partial charge < -0.3 is 15.6 Å². The highest BCUT2D eigenvalue weighted by Crippen LogP contribution is 2.12. The van der Waals surface area contributed by atoms with Gasteiger partial charge in [-0.1, -0.05) is 12.2 Å². The number of carbonyl (C=O) groups excluding carboxylic acids is 2. The van der Waals surface area contributed by atoms with Crippen LogP contribution in [0.25, 0.3) is 0 Å². The lowest BCUT2D eigenvalue weighted by Crippen LogP contribution is -2.10. The second-order valence-electron chi connectivity index (χ2n) is 3.99. The summed E-state index contributed by atoms with van der Waals surface area (Å²) in [6.45, 7) is 9.06. The van der Waals surface area contributed by atoms with E-state index in [9.17, 15) is 9.59 Å². The lowest BCUT2D eigenvalue weighted by molar-refractivity contribution is -0.139. The zero-order chi connectivity index (χ0) is 13.4. The minimum absolute atomic E-state index is 0. The van der Waals surface area contributed by atoms with Crippen LogP contribution in [-0.4, -0.2) is 25.7 Å². The molecular weight excluding hydrogens is 234 g/mol. The third-order valence-electron chi connectivity index (χ3n) is 2.19. The third-order valence-corrected chi connectivity index (χ3v) is 2.19. The van der Waals surface area contributed by atoms with Crippen molar-refractivity contribution in [2.24, 2.45) is 0 Å². The quantitative estimate of drug-likeness (QED) is 0.449. The maximum absolute atomic E-state index is 11.4. The van der Waals surface area contributed by atoms with Gasteiger partial charge in [-0.25, -0.2) is 9.59 Å². The van der Waals surface area contributed by atoms with E-state index < -0.39 is 5.97 Å². The smallest absolute Gasteiger partial charge is 0.333 e. The third kappa shape index (κ3) is 6.85. The van der Waals surface area contributed by atoms with Gasteiger partial charge in [0.25, 0.3) is 0 Å². The predicted octanol–water partition coefficient (Wildman–Crippen LogP) is 2.56. The van der Waals surface area contributed by atoms with Crippen molar-refractivity contribution in [3.63, 3.8) is 0 Å². The van der Waals surface area contributed by atoms with Crippen LogP contribution in [0.4, 0.5) is 0 Å². The summed E-state index contributed by atoms with van der Waals surface area (Å²) in [6, 6.07) is 0. The van der Waals surface area contributed by atoms with Crippen LogP contribution >= 0.6 is 0 Å². The van der Waals surface area contributed by atoms with Crippen LogP contribution in [0.1, 0.15) is 33.6 Å². The van der Waals surface area contributed by atoms with Gasteiger partial charge in [-0.05, 0) is 33.6 Å². The largest absolute Gasteiger partial charge is 0.466 e. The standard InChI is InChI=1S/C13H20O4.H3N/c1-9(2)11(13(15)16-5)7-6-8-17-12(14)10(3)4;/h3,6-8H2,1-2,4-5H3;1H3. The van der Waals surface area contributed by atoms with Crippen LogP contribution in [0.5, 0.6) is 0 Å². The summed E-state index contributed by atoms with van der Waals surface area (Å²) in [7, 11) is 1.35. The fourth-order valence-corrected chi connectivity index (χ4v) is 1.22. The van der Waals surface area contributed by atoms with E-state index in [1.165, 1.54) is 7.11 Å². The minimum atomic E-state index is -0.401. The number of esters is 2. The molecule has 0 unspecified atom stereocenters. The van der Waals surface area contributed by atoms with Crippen molar-refractivity contribution in [3.05, 3.63) is 23.3 Å². The highest BCUT2D eigenvalue weighted by molar-refractivity contribution is 5.89. The van der Waals surface area contributed by atoms with Gasteiger partial charge in [-0.15, -0.1) is 0 Å². The summed E-state index contributed by atoms with van der Waals surface area (Å²) in [6.07, 6.45) is 1.13. The fraction of sp³-hybridized carbons (Fsp3) is 0.538. The number of allylic oxidation sites excluding steroid dienone is 1. The molecule has 0 bridgehead atoms. The fourth-order valence-electron chi connectivity index (χ4n) is 1.22. The van der Waals surface area contributed by atoms with E-state index in [2.05, 4.69) is 11.3 Å². The lowest BCUT2D eigenvalue weighted by atomic mass is 10.1. The predicted molar refractivity (Wildman–Crippen MR) is 70.4 cm³/mol. The van der Waals surface area contributed by atoms with Crippen LogP contribution in [0.3, 0.4) is 0 Å². The van der Waals surface area contributed by atoms with Gasteiger partial charge in [0.05, 0.1) is 13.7 Å². The molecule has 0 aromatic carbocycles. The van der Waals surface area contributed by atoms with Crippen molar-refractivity contribution in [3.8, 4) is 0 Å². The molecular formula is C13H23NO4. The number of hydrogen-bond donors (Lipinski definition) is 1. The Balaban J connectivity index is 0. The molecule has 0 heterocycles. The maximum Gasteiger partial charge on any atom is 0.333 e. The zero-order valence-electron chi connectivity index (χ0n) is 11.7. The Morgan fingerprint density at radius 3 is 2.06 bits per heavy atom. The Morgan fingerprint density at radius 2 is 1.67 bits per heavy atom. The van der Waals surface area contributed by atoms with Crippen LogP contribution in [0.15, 0.2) is 23.3 Å². The molecule has 5 heteroatoms. The van der Waals surface area contributed by atoms with E-state index in [1.54, 1.807) is 6.92 Å². The Bertz CT molecular complexity index is 341. The molecule has 0 spiro atoms. The van der Waals surface area contributed by atoms with Gasteiger partial charge in [0.15, 0.2) is 0 Å². The number of carbonyl (C=O) groups is 2. The number of hydrogen-bond acceptors (Lipinski definition) is 5. The molecule has 0 amide bonds. The normalized spacial score (nSPS) is 8.89. The molecule has 0 aromatic rings. The molecule has 18 heavy (non-hydrogen) atoms. The van der Waals surface area contributed by atoms with Crippen LogP contribution in [-0.2, 0) is 19.1 Å². The lowest BCUT2D eigenvalue weighted by Gasteiger charge is -2.08. The molecule has 3 N–H and O–H groups in total. The van der Waals surface area contributed by atoms with E-state index in [-0.39, 0.29) is 18.7 Å². The first-order valence-electron chi connectivity index (χ1n) is 5.47. The van der Waals surface area contributed by atoms with Gasteiger partial charge in [0.2, 0.25) is 0 Å². The summed E-state index contributed by atoms with van der Waals surface area (Å²) in [4.78, 5) is 22.5. The number of methoxy groups -OCH3 is 1. The van der Waals surface area contributed by atoms with Gasteiger partial charge in [-0.2, -0.15) is 0 Å². The summed E-state index contributed by atoms with van der Waals surface area (Å²) >= 11 is 0. The van der Waals surface area contributed by atoms with Crippen LogP contribution in [0.2, 0.25) is 0 Å². The summed E-state index contributed by atoms with van der Waals surface area (Å²) in [5, 5.41) is 0. The summed E-state index contributed by atoms with van der Waals surface area (Å²) < 4.78 is 9.61. The van der Waals surface area contributed by atoms with Gasteiger partial charge in [0.1, 0.15) is 0 Å². The zero-order valence-corrected chi connectivity index (χ0v) is 11.7. The second kappa shape index (κ2) is 9.41. The average Bonchev–Trinajstić information content (AvgIpc) is 2.27. The van der Waals surface area contributed by atoms with Crippen LogP contribution in [0, 0.1) is 0 Å². The maximum atomic E-state index is 11.4. The number of rotatable bonds is 6. The van der Waals surface area contributed by atoms with E-state index >= 15 is 0 Å². The SMILES string of the molecule is C=C(C)C(=O)OCCCC(C(=O)OC)=C(C)C.N. The van der Waals surface area contributed by atoms with Gasteiger partial charge >= 0.3 is 11.9 Å². The Labute approximate surface area is 108 Å². The molecule has 0 aliphatic carbocycles. The first kappa shape index (κ1) is 18.7. The van der Waals surface area contributed by atoms with E-state index in [4.69, 9.17) is 4.74 Å². The van der Waals surface area contributed by atoms with Gasteiger partial charge in [0, 0.05) is 11.1 Å². The molecule has 0 aliphatic heterocycles. The second-order valence-corrected chi connectivity index (χ2v) is 3.99. The Hall–Kier alpha value is -1.62. The molecule has 104 valence electrons. The molecule has 0 rings (SSSR count). The molecule has 0 aliphatic rings. The topological polar surface area (TPSA) is 87.6 Å².